The van der Waals surface area contributed by atoms with Gasteiger partial charge in [-0.3, -0.25) is 0 Å². The number of nitrogens with zero attached hydrogens (tertiary/aromatic N) is 2. The molecule has 2 aromatic rings. The van der Waals surface area contributed by atoms with Crippen LogP contribution in [0.15, 0.2) is 42.5 Å². The maximum absolute atomic E-state index is 13.4. The van der Waals surface area contributed by atoms with Gasteiger partial charge in [0, 0.05) is 24.8 Å². The molecule has 0 aromatic heterocycles. The van der Waals surface area contributed by atoms with Crippen LogP contribution in [-0.2, 0) is 18.9 Å². The molecule has 2 aromatic carbocycles. The van der Waals surface area contributed by atoms with Gasteiger partial charge in [-0.25, -0.2) is 0 Å². The lowest BCUT2D eigenvalue weighted by Gasteiger charge is -2.32. The van der Waals surface area contributed by atoms with Crippen LogP contribution >= 0.6 is 0 Å². The zero-order valence-corrected chi connectivity index (χ0v) is 15.1. The van der Waals surface area contributed by atoms with Crippen molar-refractivity contribution in [1.29, 1.82) is 5.26 Å². The molecule has 0 unspecified atom stereocenters. The van der Waals surface area contributed by atoms with E-state index in [0.29, 0.717) is 19.5 Å². The van der Waals surface area contributed by atoms with Crippen LogP contribution in [0.5, 0.6) is 0 Å². The predicted octanol–water partition coefficient (Wildman–Crippen LogP) is 4.96. The van der Waals surface area contributed by atoms with E-state index in [1.807, 2.05) is 0 Å². The fourth-order valence-corrected chi connectivity index (χ4v) is 3.50. The summed E-state index contributed by atoms with van der Waals surface area (Å²) in [4.78, 5) is 1.54. The molecule has 29 heavy (non-hydrogen) atoms. The van der Waals surface area contributed by atoms with E-state index in [1.165, 1.54) is 30.3 Å². The quantitative estimate of drug-likeness (QED) is 0.720. The third-order valence-corrected chi connectivity index (χ3v) is 4.90. The Hall–Kier alpha value is -2.73. The minimum absolute atomic E-state index is 0.0233. The first kappa shape index (κ1) is 21.0. The van der Waals surface area contributed by atoms with Crippen LogP contribution in [0.4, 0.5) is 32.0 Å². The molecule has 1 aliphatic rings. The van der Waals surface area contributed by atoms with Crippen molar-refractivity contribution < 1.29 is 26.3 Å². The van der Waals surface area contributed by atoms with Crippen molar-refractivity contribution in [2.24, 2.45) is 0 Å². The molecule has 1 fully saturated rings. The molecule has 1 saturated heterocycles. The minimum Gasteiger partial charge on any atom is -0.363 e. The van der Waals surface area contributed by atoms with Gasteiger partial charge in [-0.2, -0.15) is 31.6 Å². The Balaban J connectivity index is 2.06. The smallest absolute Gasteiger partial charge is 0.363 e. The highest BCUT2D eigenvalue weighted by Crippen LogP contribution is 2.37. The molecule has 0 radical (unpaired) electrons. The van der Waals surface area contributed by atoms with Crippen molar-refractivity contribution in [1.82, 2.24) is 5.32 Å². The SMILES string of the molecule is N#Cc1ccc(N(Cc2ccccc2C(F)(F)F)[C@H]2CCNC2)cc1C(F)(F)F. The van der Waals surface area contributed by atoms with Gasteiger partial charge in [0.15, 0.2) is 0 Å². The topological polar surface area (TPSA) is 39.1 Å². The fraction of sp³-hybridized carbons (Fsp3) is 0.350. The molecule has 9 heteroatoms. The number of alkyl halides is 6. The molecular weight excluding hydrogens is 396 g/mol. The third-order valence-electron chi connectivity index (χ3n) is 4.90. The highest BCUT2D eigenvalue weighted by molar-refractivity contribution is 5.56. The molecule has 3 nitrogen and oxygen atoms in total. The van der Waals surface area contributed by atoms with Gasteiger partial charge in [-0.1, -0.05) is 18.2 Å². The summed E-state index contributed by atoms with van der Waals surface area (Å²) in [5.41, 5.74) is -2.34. The number of nitrogens with one attached hydrogen (secondary N) is 1. The zero-order chi connectivity index (χ0) is 21.2. The highest BCUT2D eigenvalue weighted by atomic mass is 19.4. The summed E-state index contributed by atoms with van der Waals surface area (Å²) < 4.78 is 80.3. The first-order valence-electron chi connectivity index (χ1n) is 8.85. The molecule has 3 rings (SSSR count). The number of rotatable bonds is 4. The van der Waals surface area contributed by atoms with E-state index in [9.17, 15) is 26.3 Å². The minimum atomic E-state index is -4.75. The Labute approximate surface area is 163 Å². The van der Waals surface area contributed by atoms with Crippen LogP contribution in [0.25, 0.3) is 0 Å². The molecule has 1 atom stereocenters. The molecule has 154 valence electrons. The summed E-state index contributed by atoms with van der Waals surface area (Å²) in [6.45, 7) is 0.852. The lowest BCUT2D eigenvalue weighted by Crippen LogP contribution is -2.37. The second-order valence-electron chi connectivity index (χ2n) is 6.77. The third kappa shape index (κ3) is 4.65. The van der Waals surface area contributed by atoms with Gasteiger partial charge in [0.2, 0.25) is 0 Å². The molecule has 0 bridgehead atoms. The monoisotopic (exact) mass is 413 g/mol. The highest BCUT2D eigenvalue weighted by Gasteiger charge is 2.36. The summed E-state index contributed by atoms with van der Waals surface area (Å²) in [6, 6.07) is 9.52. The zero-order valence-electron chi connectivity index (χ0n) is 15.1. The van der Waals surface area contributed by atoms with Gasteiger partial charge in [0.05, 0.1) is 22.8 Å². The predicted molar refractivity (Wildman–Crippen MR) is 95.1 cm³/mol. The average molecular weight is 413 g/mol. The molecular formula is C20H17F6N3. The maximum Gasteiger partial charge on any atom is 0.417 e. The van der Waals surface area contributed by atoms with Crippen molar-refractivity contribution >= 4 is 5.69 Å². The van der Waals surface area contributed by atoms with Gasteiger partial charge in [0.1, 0.15) is 0 Å². The van der Waals surface area contributed by atoms with E-state index in [-0.39, 0.29) is 23.8 Å². The molecule has 0 spiro atoms. The van der Waals surface area contributed by atoms with Gasteiger partial charge in [-0.05, 0) is 42.8 Å². The van der Waals surface area contributed by atoms with Crippen molar-refractivity contribution in [3.63, 3.8) is 0 Å². The van der Waals surface area contributed by atoms with Crippen molar-refractivity contribution in [3.05, 3.63) is 64.7 Å². The van der Waals surface area contributed by atoms with E-state index in [1.54, 1.807) is 4.90 Å². The van der Waals surface area contributed by atoms with Crippen LogP contribution in [0.3, 0.4) is 0 Å². The Bertz CT molecular complexity index is 908. The van der Waals surface area contributed by atoms with Crippen molar-refractivity contribution in [2.45, 2.75) is 31.4 Å². The molecule has 1 N–H and O–H groups in total. The maximum atomic E-state index is 13.4. The standard InChI is InChI=1S/C20H17F6N3/c21-19(22,23)17-4-2-1-3-14(17)12-29(16-7-8-28-11-16)15-6-5-13(10-27)18(9-15)20(24,25)26/h1-6,9,16,28H,7-8,11-12H2/t16-/m0/s1. The second kappa shape index (κ2) is 7.95. The van der Waals surface area contributed by atoms with Crippen LogP contribution in [0.2, 0.25) is 0 Å². The number of hydrogen-bond acceptors (Lipinski definition) is 3. The van der Waals surface area contributed by atoms with E-state index in [0.717, 1.165) is 18.2 Å². The molecule has 0 amide bonds. The summed E-state index contributed by atoms with van der Waals surface area (Å²) >= 11 is 0. The number of benzene rings is 2. The lowest BCUT2D eigenvalue weighted by molar-refractivity contribution is -0.138. The van der Waals surface area contributed by atoms with Gasteiger partial charge < -0.3 is 10.2 Å². The second-order valence-corrected chi connectivity index (χ2v) is 6.77. The summed E-state index contributed by atoms with van der Waals surface area (Å²) in [7, 11) is 0. The Kier molecular flexibility index (Phi) is 5.75. The average Bonchev–Trinajstić information content (AvgIpc) is 3.19. The van der Waals surface area contributed by atoms with Gasteiger partial charge in [0.25, 0.3) is 0 Å². The Morgan fingerprint density at radius 3 is 2.28 bits per heavy atom. The van der Waals surface area contributed by atoms with E-state index in [2.05, 4.69) is 5.32 Å². The van der Waals surface area contributed by atoms with E-state index >= 15 is 0 Å². The van der Waals surface area contributed by atoms with Gasteiger partial charge >= 0.3 is 12.4 Å². The van der Waals surface area contributed by atoms with Crippen LogP contribution in [-0.4, -0.2) is 19.1 Å². The van der Waals surface area contributed by atoms with Crippen LogP contribution < -0.4 is 10.2 Å². The summed E-state index contributed by atoms with van der Waals surface area (Å²) in [6.07, 6.45) is -8.74. The van der Waals surface area contributed by atoms with Gasteiger partial charge in [-0.15, -0.1) is 0 Å². The van der Waals surface area contributed by atoms with E-state index < -0.39 is 29.0 Å². The first-order chi connectivity index (χ1) is 13.6. The summed E-state index contributed by atoms with van der Waals surface area (Å²) in [5, 5.41) is 12.1. The molecule has 0 aliphatic carbocycles. The Morgan fingerprint density at radius 1 is 1.00 bits per heavy atom. The van der Waals surface area contributed by atoms with Crippen LogP contribution in [0, 0.1) is 11.3 Å². The van der Waals surface area contributed by atoms with Crippen molar-refractivity contribution in [2.75, 3.05) is 18.0 Å². The molecule has 1 aliphatic heterocycles. The fourth-order valence-electron chi connectivity index (χ4n) is 3.50. The van der Waals surface area contributed by atoms with Crippen LogP contribution in [0.1, 0.15) is 28.7 Å². The molecule has 1 heterocycles. The number of nitriles is 1. The van der Waals surface area contributed by atoms with Crippen molar-refractivity contribution in [3.8, 4) is 6.07 Å². The summed E-state index contributed by atoms with van der Waals surface area (Å²) in [5.74, 6) is 0. The largest absolute Gasteiger partial charge is 0.417 e. The Morgan fingerprint density at radius 2 is 1.69 bits per heavy atom. The first-order valence-corrected chi connectivity index (χ1v) is 8.85. The number of halogens is 6. The lowest BCUT2D eigenvalue weighted by atomic mass is 10.0. The normalized spacial score (nSPS) is 17.2. The number of anilines is 1. The van der Waals surface area contributed by atoms with E-state index in [4.69, 9.17) is 5.26 Å². The number of hydrogen-bond donors (Lipinski definition) is 1. The molecule has 0 saturated carbocycles.